The molecule has 0 saturated carbocycles. The summed E-state index contributed by atoms with van der Waals surface area (Å²) < 4.78 is 38.5. The third kappa shape index (κ3) is 3.02. The Labute approximate surface area is 76.5 Å². The van der Waals surface area contributed by atoms with Crippen molar-refractivity contribution in [2.24, 2.45) is 0 Å². The van der Waals surface area contributed by atoms with Gasteiger partial charge in [-0.2, -0.15) is 0 Å². The Hall–Kier alpha value is -1.10. The minimum Gasteiger partial charge on any atom is -0.504 e. The summed E-state index contributed by atoms with van der Waals surface area (Å²) in [5.74, 6) is -1.32. The molecule has 0 unspecified atom stereocenters. The zero-order chi connectivity index (χ0) is 10.1. The lowest BCUT2D eigenvalue weighted by atomic mass is 10.3. The number of ether oxygens (including phenoxy) is 1. The van der Waals surface area contributed by atoms with Crippen LogP contribution in [-0.4, -0.2) is 11.5 Å². The van der Waals surface area contributed by atoms with Crippen LogP contribution in [0.3, 0.4) is 0 Å². The summed E-state index contributed by atoms with van der Waals surface area (Å²) >= 11 is 5.39. The number of rotatable bonds is 1. The lowest BCUT2D eigenvalue weighted by molar-refractivity contribution is -0.275. The lowest BCUT2D eigenvalue weighted by Gasteiger charge is -2.09. The molecule has 0 aromatic heterocycles. The molecule has 0 heterocycles. The Morgan fingerprint density at radius 3 is 2.46 bits per heavy atom. The van der Waals surface area contributed by atoms with Crippen LogP contribution in [-0.2, 0) is 0 Å². The second-order valence-electron chi connectivity index (χ2n) is 2.16. The standard InChI is InChI=1S/C7H4ClF3O2/c8-4-1-2-5(12)6(3-4)13-7(9,10)11/h1-3,12H. The molecule has 1 aromatic carbocycles. The number of benzene rings is 1. The number of hydrogen-bond acceptors (Lipinski definition) is 2. The van der Waals surface area contributed by atoms with Crippen molar-refractivity contribution in [1.29, 1.82) is 0 Å². The summed E-state index contributed by atoms with van der Waals surface area (Å²) in [6.07, 6.45) is -4.83. The maximum atomic E-state index is 11.7. The quantitative estimate of drug-likeness (QED) is 0.776. The summed E-state index contributed by atoms with van der Waals surface area (Å²) in [4.78, 5) is 0. The molecule has 0 amide bonds. The Bertz CT molecular complexity index is 311. The minimum absolute atomic E-state index is 0.0528. The molecule has 0 radical (unpaired) electrons. The van der Waals surface area contributed by atoms with E-state index in [0.717, 1.165) is 12.1 Å². The smallest absolute Gasteiger partial charge is 0.504 e. The van der Waals surface area contributed by atoms with Crippen LogP contribution in [0.2, 0.25) is 5.02 Å². The van der Waals surface area contributed by atoms with Gasteiger partial charge >= 0.3 is 6.36 Å². The van der Waals surface area contributed by atoms with E-state index in [2.05, 4.69) is 4.74 Å². The number of aromatic hydroxyl groups is 1. The number of alkyl halides is 3. The molecule has 0 aliphatic heterocycles. The topological polar surface area (TPSA) is 29.5 Å². The molecule has 0 aliphatic carbocycles. The maximum absolute atomic E-state index is 11.7. The van der Waals surface area contributed by atoms with Gasteiger partial charge in [-0.1, -0.05) is 11.6 Å². The number of phenols is 1. The second-order valence-corrected chi connectivity index (χ2v) is 2.60. The minimum atomic E-state index is -4.83. The first-order valence-corrected chi connectivity index (χ1v) is 3.50. The zero-order valence-corrected chi connectivity index (χ0v) is 6.86. The van der Waals surface area contributed by atoms with Crippen LogP contribution in [0.1, 0.15) is 0 Å². The van der Waals surface area contributed by atoms with Crippen molar-refractivity contribution in [2.75, 3.05) is 0 Å². The molecular weight excluding hydrogens is 209 g/mol. The van der Waals surface area contributed by atoms with Crippen LogP contribution >= 0.6 is 11.6 Å². The van der Waals surface area contributed by atoms with Gasteiger partial charge in [0, 0.05) is 11.1 Å². The van der Waals surface area contributed by atoms with Gasteiger partial charge in [0.25, 0.3) is 0 Å². The van der Waals surface area contributed by atoms with Crippen LogP contribution in [0.25, 0.3) is 0 Å². The molecule has 1 N–H and O–H groups in total. The van der Waals surface area contributed by atoms with E-state index in [1.807, 2.05) is 0 Å². The van der Waals surface area contributed by atoms with E-state index in [1.54, 1.807) is 0 Å². The largest absolute Gasteiger partial charge is 0.573 e. The van der Waals surface area contributed by atoms with E-state index in [4.69, 9.17) is 16.7 Å². The van der Waals surface area contributed by atoms with Gasteiger partial charge in [0.2, 0.25) is 0 Å². The summed E-state index contributed by atoms with van der Waals surface area (Å²) in [5, 5.41) is 8.97. The normalized spacial score (nSPS) is 11.4. The Balaban J connectivity index is 2.94. The van der Waals surface area contributed by atoms with Gasteiger partial charge in [0.05, 0.1) is 0 Å². The van der Waals surface area contributed by atoms with E-state index in [-0.39, 0.29) is 5.02 Å². The van der Waals surface area contributed by atoms with Crippen LogP contribution < -0.4 is 4.74 Å². The average Bonchev–Trinajstić information content (AvgIpc) is 1.94. The highest BCUT2D eigenvalue weighted by molar-refractivity contribution is 6.30. The maximum Gasteiger partial charge on any atom is 0.573 e. The first kappa shape index (κ1) is 9.98. The summed E-state index contributed by atoms with van der Waals surface area (Å²) in [7, 11) is 0. The fourth-order valence-electron chi connectivity index (χ4n) is 0.694. The van der Waals surface area contributed by atoms with Crippen molar-refractivity contribution >= 4 is 11.6 Å². The molecule has 6 heteroatoms. The highest BCUT2D eigenvalue weighted by Crippen LogP contribution is 2.33. The van der Waals surface area contributed by atoms with Gasteiger partial charge in [0.1, 0.15) is 0 Å². The Kier molecular flexibility index (Phi) is 2.56. The predicted molar refractivity (Wildman–Crippen MR) is 39.8 cm³/mol. The van der Waals surface area contributed by atoms with E-state index < -0.39 is 17.9 Å². The first-order chi connectivity index (χ1) is 5.88. The molecule has 0 bridgehead atoms. The number of phenolic OH excluding ortho intramolecular Hbond substituents is 1. The van der Waals surface area contributed by atoms with Crippen molar-refractivity contribution in [3.8, 4) is 11.5 Å². The number of halogens is 4. The van der Waals surface area contributed by atoms with Gasteiger partial charge in [-0.05, 0) is 12.1 Å². The third-order valence-electron chi connectivity index (χ3n) is 1.15. The highest BCUT2D eigenvalue weighted by atomic mass is 35.5. The lowest BCUT2D eigenvalue weighted by Crippen LogP contribution is -2.17. The summed E-state index contributed by atoms with van der Waals surface area (Å²) in [6, 6.07) is 3.15. The molecule has 0 atom stereocenters. The molecular formula is C7H4ClF3O2. The fourth-order valence-corrected chi connectivity index (χ4v) is 0.856. The van der Waals surface area contributed by atoms with Gasteiger partial charge < -0.3 is 9.84 Å². The monoisotopic (exact) mass is 212 g/mol. The SMILES string of the molecule is Oc1ccc(Cl)cc1OC(F)(F)F. The fraction of sp³-hybridized carbons (Fsp3) is 0.143. The Morgan fingerprint density at radius 1 is 1.31 bits per heavy atom. The van der Waals surface area contributed by atoms with Crippen molar-refractivity contribution in [1.82, 2.24) is 0 Å². The summed E-state index contributed by atoms with van der Waals surface area (Å²) in [5.41, 5.74) is 0. The second kappa shape index (κ2) is 3.33. The predicted octanol–water partition coefficient (Wildman–Crippen LogP) is 2.94. The van der Waals surface area contributed by atoms with E-state index in [9.17, 15) is 13.2 Å². The molecule has 13 heavy (non-hydrogen) atoms. The molecule has 1 aromatic rings. The van der Waals surface area contributed by atoms with Crippen LogP contribution in [0.5, 0.6) is 11.5 Å². The van der Waals surface area contributed by atoms with Crippen LogP contribution in [0.15, 0.2) is 18.2 Å². The van der Waals surface area contributed by atoms with E-state index in [1.165, 1.54) is 6.07 Å². The van der Waals surface area contributed by atoms with Crippen LogP contribution in [0, 0.1) is 0 Å². The molecule has 0 spiro atoms. The average molecular weight is 213 g/mol. The number of hydrogen-bond donors (Lipinski definition) is 1. The van der Waals surface area contributed by atoms with Crippen molar-refractivity contribution in [3.05, 3.63) is 23.2 Å². The third-order valence-corrected chi connectivity index (χ3v) is 1.38. The van der Waals surface area contributed by atoms with Gasteiger partial charge in [-0.25, -0.2) is 0 Å². The first-order valence-electron chi connectivity index (χ1n) is 3.13. The molecule has 1 rings (SSSR count). The highest BCUT2D eigenvalue weighted by Gasteiger charge is 2.32. The van der Waals surface area contributed by atoms with Gasteiger partial charge in [-0.3, -0.25) is 0 Å². The molecule has 72 valence electrons. The van der Waals surface area contributed by atoms with E-state index in [0.29, 0.717) is 0 Å². The Morgan fingerprint density at radius 2 is 1.92 bits per heavy atom. The molecule has 0 fully saturated rings. The van der Waals surface area contributed by atoms with Gasteiger partial charge in [0.15, 0.2) is 11.5 Å². The molecule has 0 aliphatic rings. The molecule has 0 saturated heterocycles. The summed E-state index contributed by atoms with van der Waals surface area (Å²) in [6.45, 7) is 0. The van der Waals surface area contributed by atoms with Crippen LogP contribution in [0.4, 0.5) is 13.2 Å². The zero-order valence-electron chi connectivity index (χ0n) is 6.10. The van der Waals surface area contributed by atoms with Crippen molar-refractivity contribution in [3.63, 3.8) is 0 Å². The molecule has 2 nitrogen and oxygen atoms in total. The van der Waals surface area contributed by atoms with Gasteiger partial charge in [-0.15, -0.1) is 13.2 Å². The van der Waals surface area contributed by atoms with Crippen molar-refractivity contribution in [2.45, 2.75) is 6.36 Å². The van der Waals surface area contributed by atoms with E-state index >= 15 is 0 Å². The van der Waals surface area contributed by atoms with Crippen molar-refractivity contribution < 1.29 is 23.0 Å².